The van der Waals surface area contributed by atoms with Crippen LogP contribution in [0.5, 0.6) is 0 Å². The van der Waals surface area contributed by atoms with Crippen LogP contribution >= 0.6 is 0 Å². The highest BCUT2D eigenvalue weighted by molar-refractivity contribution is 5.77. The molecule has 0 saturated heterocycles. The molecule has 7 nitrogen and oxygen atoms in total. The molecule has 2 aromatic carbocycles. The van der Waals surface area contributed by atoms with Crippen LogP contribution in [0, 0.1) is 5.92 Å². The number of nitrogens with zero attached hydrogens (tertiary/aromatic N) is 1. The highest BCUT2D eigenvalue weighted by Crippen LogP contribution is 2.44. The van der Waals surface area contributed by atoms with E-state index >= 15 is 0 Å². The number of fused-ring (bicyclic) bond motifs is 1. The number of benzene rings is 2. The van der Waals surface area contributed by atoms with Crippen LogP contribution in [0.4, 0.5) is 5.69 Å². The van der Waals surface area contributed by atoms with E-state index < -0.39 is 23.4 Å². The minimum absolute atomic E-state index is 0.107. The maximum atomic E-state index is 13.4. The van der Waals surface area contributed by atoms with Crippen molar-refractivity contribution in [1.29, 1.82) is 0 Å². The zero-order valence-corrected chi connectivity index (χ0v) is 19.3. The van der Waals surface area contributed by atoms with Crippen LogP contribution in [0.2, 0.25) is 0 Å². The van der Waals surface area contributed by atoms with Crippen molar-refractivity contribution < 1.29 is 14.6 Å². The number of hydrogen-bond acceptors (Lipinski definition) is 5. The normalized spacial score (nSPS) is 21.9. The van der Waals surface area contributed by atoms with Gasteiger partial charge in [-0.1, -0.05) is 42.5 Å². The first-order valence-corrected chi connectivity index (χ1v) is 11.4. The van der Waals surface area contributed by atoms with E-state index in [0.29, 0.717) is 11.3 Å². The highest BCUT2D eigenvalue weighted by Gasteiger charge is 2.51. The van der Waals surface area contributed by atoms with Crippen molar-refractivity contribution in [2.45, 2.75) is 45.3 Å². The smallest absolute Gasteiger partial charge is 0.313 e. The van der Waals surface area contributed by atoms with Gasteiger partial charge in [0.15, 0.2) is 0 Å². The fourth-order valence-electron chi connectivity index (χ4n) is 4.91. The molecule has 1 heterocycles. The highest BCUT2D eigenvalue weighted by atomic mass is 16.5. The second-order valence-corrected chi connectivity index (χ2v) is 8.82. The molecule has 0 aliphatic heterocycles. The van der Waals surface area contributed by atoms with E-state index in [0.717, 1.165) is 29.9 Å². The molecule has 1 aliphatic carbocycles. The molecule has 7 heteroatoms. The Balaban J connectivity index is 1.72. The number of aliphatic hydroxyl groups is 1. The third-order valence-corrected chi connectivity index (χ3v) is 6.60. The lowest BCUT2D eigenvalue weighted by atomic mass is 9.66. The van der Waals surface area contributed by atoms with Crippen molar-refractivity contribution >= 4 is 11.7 Å². The van der Waals surface area contributed by atoms with Gasteiger partial charge in [-0.3, -0.25) is 14.7 Å². The van der Waals surface area contributed by atoms with Crippen molar-refractivity contribution in [2.75, 3.05) is 18.0 Å². The molecular formula is C26H31N3O4. The van der Waals surface area contributed by atoms with Crippen molar-refractivity contribution in [3.05, 3.63) is 87.3 Å². The fourth-order valence-corrected chi connectivity index (χ4v) is 4.91. The average Bonchev–Trinajstić information content (AvgIpc) is 3.17. The van der Waals surface area contributed by atoms with Gasteiger partial charge in [-0.25, -0.2) is 0 Å². The quantitative estimate of drug-likeness (QED) is 0.481. The summed E-state index contributed by atoms with van der Waals surface area (Å²) < 4.78 is 5.65. The SMILES string of the molecule is CCN(CC)c1ccc([C@H]2c3c([nH][nH]c3=O)C[C@@](C)(O)[C@@H]2C(=O)OCc2ccccc2)cc1. The predicted octanol–water partition coefficient (Wildman–Crippen LogP) is 3.35. The summed E-state index contributed by atoms with van der Waals surface area (Å²) in [6, 6.07) is 17.3. The lowest BCUT2D eigenvalue weighted by Gasteiger charge is -2.40. The molecule has 0 saturated carbocycles. The van der Waals surface area contributed by atoms with Crippen LogP contribution in [0.25, 0.3) is 0 Å². The predicted molar refractivity (Wildman–Crippen MR) is 127 cm³/mol. The lowest BCUT2D eigenvalue weighted by molar-refractivity contribution is -0.161. The van der Waals surface area contributed by atoms with Gasteiger partial charge in [0.05, 0.1) is 11.5 Å². The molecule has 0 spiro atoms. The Morgan fingerprint density at radius 2 is 1.76 bits per heavy atom. The van der Waals surface area contributed by atoms with Gasteiger partial charge in [-0.05, 0) is 44.0 Å². The molecule has 1 aromatic heterocycles. The van der Waals surface area contributed by atoms with Gasteiger partial charge in [0.25, 0.3) is 5.56 Å². The molecule has 3 atom stereocenters. The molecule has 174 valence electrons. The molecule has 1 aliphatic rings. The van der Waals surface area contributed by atoms with E-state index in [2.05, 4.69) is 28.9 Å². The van der Waals surface area contributed by atoms with Crippen molar-refractivity contribution in [1.82, 2.24) is 10.2 Å². The summed E-state index contributed by atoms with van der Waals surface area (Å²) in [6.45, 7) is 7.69. The van der Waals surface area contributed by atoms with Crippen molar-refractivity contribution in [3.63, 3.8) is 0 Å². The summed E-state index contributed by atoms with van der Waals surface area (Å²) in [7, 11) is 0. The number of carbonyl (C=O) groups is 1. The largest absolute Gasteiger partial charge is 0.460 e. The molecule has 0 bridgehead atoms. The zero-order chi connectivity index (χ0) is 23.6. The molecular weight excluding hydrogens is 418 g/mol. The van der Waals surface area contributed by atoms with Crippen LogP contribution in [-0.4, -0.2) is 40.0 Å². The second kappa shape index (κ2) is 9.27. The number of H-pyrrole nitrogens is 2. The van der Waals surface area contributed by atoms with E-state index in [1.54, 1.807) is 6.92 Å². The molecule has 0 fully saturated rings. The maximum absolute atomic E-state index is 13.4. The molecule has 0 amide bonds. The maximum Gasteiger partial charge on any atom is 0.313 e. The van der Waals surface area contributed by atoms with Gasteiger partial charge < -0.3 is 19.8 Å². The summed E-state index contributed by atoms with van der Waals surface area (Å²) in [5.41, 5.74) is 2.15. The summed E-state index contributed by atoms with van der Waals surface area (Å²) >= 11 is 0. The van der Waals surface area contributed by atoms with Crippen LogP contribution in [-0.2, 0) is 22.6 Å². The third kappa shape index (κ3) is 4.46. The molecule has 4 rings (SSSR count). The first kappa shape index (κ1) is 22.9. The molecule has 3 N–H and O–H groups in total. The van der Waals surface area contributed by atoms with E-state index in [1.165, 1.54) is 0 Å². The van der Waals surface area contributed by atoms with Crippen LogP contribution < -0.4 is 10.5 Å². The van der Waals surface area contributed by atoms with E-state index in [9.17, 15) is 14.7 Å². The standard InChI is InChI=1S/C26H31N3O4/c1-4-29(5-2)19-13-11-18(12-14-19)21-22-20(27-28-24(22)30)15-26(3,32)23(21)25(31)33-16-17-9-7-6-8-10-17/h6-14,21,23,32H,4-5,15-16H2,1-3H3,(H2,27,28,30)/t21-,23-,26+/m0/s1. The van der Waals surface area contributed by atoms with E-state index in [-0.39, 0.29) is 18.6 Å². The van der Waals surface area contributed by atoms with Gasteiger partial charge in [0, 0.05) is 42.4 Å². The number of ether oxygens (including phenoxy) is 1. The second-order valence-electron chi connectivity index (χ2n) is 8.82. The molecule has 3 aromatic rings. The minimum Gasteiger partial charge on any atom is -0.460 e. The summed E-state index contributed by atoms with van der Waals surface area (Å²) in [5, 5.41) is 16.9. The number of nitrogens with one attached hydrogen (secondary N) is 2. The van der Waals surface area contributed by atoms with Gasteiger partial charge >= 0.3 is 5.97 Å². The first-order valence-electron chi connectivity index (χ1n) is 11.4. The van der Waals surface area contributed by atoms with E-state index in [1.807, 2.05) is 54.6 Å². The monoisotopic (exact) mass is 449 g/mol. The number of carbonyl (C=O) groups excluding carboxylic acids is 1. The summed E-state index contributed by atoms with van der Waals surface area (Å²) in [5.74, 6) is -2.08. The van der Waals surface area contributed by atoms with E-state index in [4.69, 9.17) is 4.74 Å². The summed E-state index contributed by atoms with van der Waals surface area (Å²) in [4.78, 5) is 28.3. The Morgan fingerprint density at radius 3 is 2.39 bits per heavy atom. The third-order valence-electron chi connectivity index (χ3n) is 6.60. The van der Waals surface area contributed by atoms with Crippen LogP contribution in [0.15, 0.2) is 59.4 Å². The number of aromatic nitrogens is 2. The van der Waals surface area contributed by atoms with Gasteiger partial charge in [0.2, 0.25) is 0 Å². The molecule has 0 radical (unpaired) electrons. The van der Waals surface area contributed by atoms with Crippen molar-refractivity contribution in [3.8, 4) is 0 Å². The fraction of sp³-hybridized carbons (Fsp3) is 0.385. The number of rotatable bonds is 7. The zero-order valence-electron chi connectivity index (χ0n) is 19.3. The Kier molecular flexibility index (Phi) is 6.42. The Bertz CT molecular complexity index is 1140. The van der Waals surface area contributed by atoms with Gasteiger partial charge in [-0.15, -0.1) is 0 Å². The number of anilines is 1. The number of aromatic amines is 2. The van der Waals surface area contributed by atoms with Crippen molar-refractivity contribution in [2.24, 2.45) is 5.92 Å². The number of hydrogen-bond donors (Lipinski definition) is 3. The van der Waals surface area contributed by atoms with Crippen LogP contribution in [0.1, 0.15) is 49.1 Å². The van der Waals surface area contributed by atoms with Gasteiger partial charge in [-0.2, -0.15) is 0 Å². The lowest BCUT2D eigenvalue weighted by Crippen LogP contribution is -2.50. The Hall–Kier alpha value is -3.32. The molecule has 33 heavy (non-hydrogen) atoms. The Labute approximate surface area is 193 Å². The minimum atomic E-state index is -1.39. The topological polar surface area (TPSA) is 98.4 Å². The van der Waals surface area contributed by atoms with Gasteiger partial charge in [0.1, 0.15) is 6.61 Å². The number of esters is 1. The average molecular weight is 450 g/mol. The molecule has 0 unspecified atom stereocenters. The first-order chi connectivity index (χ1) is 15.9. The van der Waals surface area contributed by atoms with Crippen LogP contribution in [0.3, 0.4) is 0 Å². The summed E-state index contributed by atoms with van der Waals surface area (Å²) in [6.07, 6.45) is 0.153. The Morgan fingerprint density at radius 1 is 1.09 bits per heavy atom.